The molecule has 5 nitrogen and oxygen atoms in total. The Morgan fingerprint density at radius 3 is 1.90 bits per heavy atom. The Morgan fingerprint density at radius 2 is 1.33 bits per heavy atom. The van der Waals surface area contributed by atoms with E-state index in [9.17, 15) is 4.79 Å². The number of para-hydroxylation sites is 4. The Kier molecular flexibility index (Phi) is 6.30. The van der Waals surface area contributed by atoms with Crippen LogP contribution in [0, 0.1) is 0 Å². The van der Waals surface area contributed by atoms with Crippen molar-refractivity contribution in [3.63, 3.8) is 0 Å². The molecule has 0 aromatic heterocycles. The Bertz CT molecular complexity index is 915. The van der Waals surface area contributed by atoms with Gasteiger partial charge in [-0.05, 0) is 36.4 Å². The molecule has 5 heteroatoms. The molecule has 0 atom stereocenters. The summed E-state index contributed by atoms with van der Waals surface area (Å²) in [4.78, 5) is 19.7. The molecule has 3 aromatic carbocycles. The van der Waals surface area contributed by atoms with E-state index in [1.165, 1.54) is 0 Å². The van der Waals surface area contributed by atoms with Gasteiger partial charge in [-0.3, -0.25) is 14.6 Å². The molecule has 1 amide bonds. The van der Waals surface area contributed by atoms with Crippen LogP contribution in [-0.2, 0) is 4.79 Å². The van der Waals surface area contributed by atoms with Crippen molar-refractivity contribution in [2.24, 2.45) is 0 Å². The second kappa shape index (κ2) is 9.46. The monoisotopic (exact) mass is 401 g/mol. The Balaban J connectivity index is 1.44. The van der Waals surface area contributed by atoms with Crippen LogP contribution in [0.2, 0.25) is 0 Å². The third-order valence-electron chi connectivity index (χ3n) is 5.44. The van der Waals surface area contributed by atoms with Crippen LogP contribution in [0.15, 0.2) is 84.9 Å². The van der Waals surface area contributed by atoms with E-state index in [1.54, 1.807) is 7.11 Å². The summed E-state index contributed by atoms with van der Waals surface area (Å²) in [7, 11) is 1.70. The van der Waals surface area contributed by atoms with Gasteiger partial charge in [0, 0.05) is 37.6 Å². The van der Waals surface area contributed by atoms with Gasteiger partial charge in [0.2, 0.25) is 5.91 Å². The van der Waals surface area contributed by atoms with Gasteiger partial charge < -0.3 is 9.64 Å². The van der Waals surface area contributed by atoms with Crippen molar-refractivity contribution >= 4 is 23.0 Å². The standard InChI is InChI=1S/C25H27N3O2/c1-30-24-15-9-8-14-23(24)27-18-16-26(17-19-27)20-25(29)28(21-10-4-2-5-11-21)22-12-6-3-7-13-22/h2-15H,16-20H2,1H3. The van der Waals surface area contributed by atoms with Gasteiger partial charge in [0.1, 0.15) is 5.75 Å². The zero-order valence-electron chi connectivity index (χ0n) is 17.3. The van der Waals surface area contributed by atoms with Crippen LogP contribution in [0.1, 0.15) is 0 Å². The summed E-state index contributed by atoms with van der Waals surface area (Å²) in [5.41, 5.74) is 2.89. The second-order valence-electron chi connectivity index (χ2n) is 7.34. The van der Waals surface area contributed by atoms with Crippen LogP contribution < -0.4 is 14.5 Å². The molecule has 1 aliphatic heterocycles. The first-order valence-electron chi connectivity index (χ1n) is 10.3. The third kappa shape index (κ3) is 4.47. The average Bonchev–Trinajstić information content (AvgIpc) is 2.81. The van der Waals surface area contributed by atoms with E-state index >= 15 is 0 Å². The van der Waals surface area contributed by atoms with Crippen LogP contribution in [0.3, 0.4) is 0 Å². The van der Waals surface area contributed by atoms with Gasteiger partial charge in [0.05, 0.1) is 19.3 Å². The van der Waals surface area contributed by atoms with E-state index in [0.29, 0.717) is 6.54 Å². The molecule has 0 radical (unpaired) electrons. The first kappa shape index (κ1) is 20.0. The number of rotatable bonds is 6. The van der Waals surface area contributed by atoms with Crippen molar-refractivity contribution in [2.75, 3.05) is 49.6 Å². The summed E-state index contributed by atoms with van der Waals surface area (Å²) in [6.07, 6.45) is 0. The van der Waals surface area contributed by atoms with E-state index in [4.69, 9.17) is 4.74 Å². The lowest BCUT2D eigenvalue weighted by Crippen LogP contribution is -2.49. The van der Waals surface area contributed by atoms with Gasteiger partial charge in [0.25, 0.3) is 0 Å². The molecule has 1 aliphatic rings. The number of piperazine rings is 1. The average molecular weight is 402 g/mol. The van der Waals surface area contributed by atoms with Crippen molar-refractivity contribution in [1.82, 2.24) is 4.90 Å². The number of ether oxygens (including phenoxy) is 1. The highest BCUT2D eigenvalue weighted by atomic mass is 16.5. The SMILES string of the molecule is COc1ccccc1N1CCN(CC(=O)N(c2ccccc2)c2ccccc2)CC1. The molecule has 1 fully saturated rings. The molecule has 0 N–H and O–H groups in total. The van der Waals surface area contributed by atoms with Crippen molar-refractivity contribution in [1.29, 1.82) is 0 Å². The Labute approximate surface area is 178 Å². The number of methoxy groups -OCH3 is 1. The fraction of sp³-hybridized carbons (Fsp3) is 0.240. The van der Waals surface area contributed by atoms with Gasteiger partial charge in [-0.25, -0.2) is 0 Å². The maximum Gasteiger partial charge on any atom is 0.245 e. The largest absolute Gasteiger partial charge is 0.495 e. The lowest BCUT2D eigenvalue weighted by Gasteiger charge is -2.37. The Morgan fingerprint density at radius 1 is 0.800 bits per heavy atom. The number of benzene rings is 3. The van der Waals surface area contributed by atoms with E-state index in [1.807, 2.05) is 83.8 Å². The van der Waals surface area contributed by atoms with Crippen molar-refractivity contribution in [2.45, 2.75) is 0 Å². The van der Waals surface area contributed by atoms with Crippen molar-refractivity contribution in [3.05, 3.63) is 84.9 Å². The molecule has 0 bridgehead atoms. The lowest BCUT2D eigenvalue weighted by atomic mass is 10.2. The smallest absolute Gasteiger partial charge is 0.245 e. The van der Waals surface area contributed by atoms with Crippen molar-refractivity contribution in [3.8, 4) is 5.75 Å². The molecule has 3 aromatic rings. The molecule has 4 rings (SSSR count). The minimum Gasteiger partial charge on any atom is -0.495 e. The zero-order valence-corrected chi connectivity index (χ0v) is 17.3. The fourth-order valence-electron chi connectivity index (χ4n) is 3.89. The van der Waals surface area contributed by atoms with Gasteiger partial charge in [-0.2, -0.15) is 0 Å². The predicted molar refractivity (Wildman–Crippen MR) is 122 cm³/mol. The highest BCUT2D eigenvalue weighted by Crippen LogP contribution is 2.29. The summed E-state index contributed by atoms with van der Waals surface area (Å²) >= 11 is 0. The van der Waals surface area contributed by atoms with Crippen molar-refractivity contribution < 1.29 is 9.53 Å². The molecule has 1 heterocycles. The van der Waals surface area contributed by atoms with Crippen LogP contribution in [-0.4, -0.2) is 50.6 Å². The van der Waals surface area contributed by atoms with E-state index in [2.05, 4.69) is 15.9 Å². The highest BCUT2D eigenvalue weighted by molar-refractivity contribution is 6.01. The summed E-state index contributed by atoms with van der Waals surface area (Å²) in [5.74, 6) is 0.972. The number of carbonyl (C=O) groups excluding carboxylic acids is 1. The number of nitrogens with zero attached hydrogens (tertiary/aromatic N) is 3. The van der Waals surface area contributed by atoms with Crippen LogP contribution in [0.4, 0.5) is 17.1 Å². The predicted octanol–water partition coefficient (Wildman–Crippen LogP) is 4.18. The summed E-state index contributed by atoms with van der Waals surface area (Å²) < 4.78 is 5.50. The maximum absolute atomic E-state index is 13.3. The molecule has 0 spiro atoms. The highest BCUT2D eigenvalue weighted by Gasteiger charge is 2.24. The molecule has 0 unspecified atom stereocenters. The summed E-state index contributed by atoms with van der Waals surface area (Å²) in [6.45, 7) is 3.79. The molecule has 0 aliphatic carbocycles. The second-order valence-corrected chi connectivity index (χ2v) is 7.34. The normalized spacial score (nSPS) is 14.4. The van der Waals surface area contributed by atoms with Gasteiger partial charge >= 0.3 is 0 Å². The molecule has 30 heavy (non-hydrogen) atoms. The molecule has 0 saturated carbocycles. The van der Waals surface area contributed by atoms with Crippen LogP contribution >= 0.6 is 0 Å². The molecule has 154 valence electrons. The summed E-state index contributed by atoms with van der Waals surface area (Å²) in [5, 5.41) is 0. The fourth-order valence-corrected chi connectivity index (χ4v) is 3.89. The van der Waals surface area contributed by atoms with E-state index in [-0.39, 0.29) is 5.91 Å². The molecular formula is C25H27N3O2. The minimum atomic E-state index is 0.0816. The minimum absolute atomic E-state index is 0.0816. The van der Waals surface area contributed by atoms with Gasteiger partial charge in [-0.1, -0.05) is 48.5 Å². The number of hydrogen-bond donors (Lipinski definition) is 0. The van der Waals surface area contributed by atoms with E-state index in [0.717, 1.165) is 49.0 Å². The number of hydrogen-bond acceptors (Lipinski definition) is 4. The topological polar surface area (TPSA) is 36.0 Å². The van der Waals surface area contributed by atoms with Crippen LogP contribution in [0.25, 0.3) is 0 Å². The summed E-state index contributed by atoms with van der Waals surface area (Å²) in [6, 6.07) is 27.8. The number of carbonyl (C=O) groups is 1. The maximum atomic E-state index is 13.3. The molecular weight excluding hydrogens is 374 g/mol. The molecule has 1 saturated heterocycles. The first-order valence-corrected chi connectivity index (χ1v) is 10.3. The van der Waals surface area contributed by atoms with Gasteiger partial charge in [-0.15, -0.1) is 0 Å². The van der Waals surface area contributed by atoms with Gasteiger partial charge in [0.15, 0.2) is 0 Å². The van der Waals surface area contributed by atoms with Crippen LogP contribution in [0.5, 0.6) is 5.75 Å². The number of amides is 1. The third-order valence-corrected chi connectivity index (χ3v) is 5.44. The van der Waals surface area contributed by atoms with E-state index < -0.39 is 0 Å². The first-order chi connectivity index (χ1) is 14.8. The quantitative estimate of drug-likeness (QED) is 0.621. The zero-order chi connectivity index (χ0) is 20.8. The lowest BCUT2D eigenvalue weighted by molar-refractivity contribution is -0.119. The number of anilines is 3. The Hall–Kier alpha value is -3.31.